The van der Waals surface area contributed by atoms with E-state index in [0.29, 0.717) is 26.3 Å². The summed E-state index contributed by atoms with van der Waals surface area (Å²) in [7, 11) is 0. The summed E-state index contributed by atoms with van der Waals surface area (Å²) in [6.07, 6.45) is 0.919. The maximum atomic E-state index is 12.6. The van der Waals surface area contributed by atoms with Crippen LogP contribution in [0.25, 0.3) is 0 Å². The number of benzene rings is 1. The molecule has 1 fully saturated rings. The second kappa shape index (κ2) is 6.03. The van der Waals surface area contributed by atoms with Crippen LogP contribution in [0, 0.1) is 0 Å². The van der Waals surface area contributed by atoms with Crippen molar-refractivity contribution < 1.29 is 9.53 Å². The van der Waals surface area contributed by atoms with Gasteiger partial charge >= 0.3 is 0 Å². The van der Waals surface area contributed by atoms with Crippen molar-refractivity contribution in [3.63, 3.8) is 0 Å². The molecule has 2 aliphatic heterocycles. The van der Waals surface area contributed by atoms with E-state index in [-0.39, 0.29) is 11.9 Å². The molecular weight excluding hydrogens is 266 g/mol. The van der Waals surface area contributed by atoms with Gasteiger partial charge in [0.1, 0.15) is 0 Å². The zero-order chi connectivity index (χ0) is 14.8. The predicted molar refractivity (Wildman–Crippen MR) is 81.8 cm³/mol. The van der Waals surface area contributed by atoms with Crippen LogP contribution in [0.15, 0.2) is 18.2 Å². The summed E-state index contributed by atoms with van der Waals surface area (Å²) in [5, 5.41) is 0. The lowest BCUT2D eigenvalue weighted by atomic mass is 9.97. The van der Waals surface area contributed by atoms with Crippen molar-refractivity contribution in [3.8, 4) is 0 Å². The number of morpholine rings is 1. The van der Waals surface area contributed by atoms with Crippen LogP contribution in [-0.2, 0) is 22.5 Å². The summed E-state index contributed by atoms with van der Waals surface area (Å²) in [4.78, 5) is 16.7. The van der Waals surface area contributed by atoms with Gasteiger partial charge in [-0.1, -0.05) is 12.1 Å². The zero-order valence-electron chi connectivity index (χ0n) is 12.5. The quantitative estimate of drug-likeness (QED) is 0.821. The number of carbonyl (C=O) groups is 1. The van der Waals surface area contributed by atoms with Gasteiger partial charge < -0.3 is 15.4 Å². The zero-order valence-corrected chi connectivity index (χ0v) is 12.5. The van der Waals surface area contributed by atoms with Crippen LogP contribution in [0.2, 0.25) is 0 Å². The van der Waals surface area contributed by atoms with E-state index in [1.54, 1.807) is 0 Å². The van der Waals surface area contributed by atoms with Crippen LogP contribution in [0.1, 0.15) is 18.1 Å². The number of rotatable bonds is 2. The van der Waals surface area contributed by atoms with Gasteiger partial charge in [0.15, 0.2) is 0 Å². The highest BCUT2D eigenvalue weighted by molar-refractivity contribution is 5.81. The van der Waals surface area contributed by atoms with Gasteiger partial charge in [-0.15, -0.1) is 0 Å². The maximum absolute atomic E-state index is 12.6. The highest BCUT2D eigenvalue weighted by Gasteiger charge is 2.29. The van der Waals surface area contributed by atoms with Gasteiger partial charge in [-0.25, -0.2) is 0 Å². The van der Waals surface area contributed by atoms with Crippen LogP contribution in [0.3, 0.4) is 0 Å². The second-order valence-corrected chi connectivity index (χ2v) is 5.82. The molecule has 1 saturated heterocycles. The molecule has 114 valence electrons. The molecule has 5 heteroatoms. The van der Waals surface area contributed by atoms with Crippen molar-refractivity contribution in [1.82, 2.24) is 9.80 Å². The third-order valence-electron chi connectivity index (χ3n) is 4.56. The minimum absolute atomic E-state index is 0.0855. The van der Waals surface area contributed by atoms with Gasteiger partial charge in [-0.3, -0.25) is 9.69 Å². The van der Waals surface area contributed by atoms with Gasteiger partial charge in [0.05, 0.1) is 19.3 Å². The van der Waals surface area contributed by atoms with Gasteiger partial charge in [-0.2, -0.15) is 0 Å². The average Bonchev–Trinajstić information content (AvgIpc) is 2.54. The van der Waals surface area contributed by atoms with Crippen LogP contribution in [0.5, 0.6) is 0 Å². The SMILES string of the molecule is CC(C(=O)N1CCOCC1)N1CCc2c(N)cccc2C1. The molecule has 0 aromatic heterocycles. The molecule has 0 aliphatic carbocycles. The lowest BCUT2D eigenvalue weighted by Gasteiger charge is -2.37. The number of hydrogen-bond acceptors (Lipinski definition) is 4. The van der Waals surface area contributed by atoms with Crippen molar-refractivity contribution in [2.75, 3.05) is 38.6 Å². The van der Waals surface area contributed by atoms with E-state index in [2.05, 4.69) is 11.0 Å². The van der Waals surface area contributed by atoms with E-state index >= 15 is 0 Å². The molecule has 2 N–H and O–H groups in total. The fourth-order valence-electron chi connectivity index (χ4n) is 3.20. The van der Waals surface area contributed by atoms with Crippen molar-refractivity contribution >= 4 is 11.6 Å². The van der Waals surface area contributed by atoms with Crippen LogP contribution < -0.4 is 5.73 Å². The molecule has 2 heterocycles. The van der Waals surface area contributed by atoms with Gasteiger partial charge in [-0.05, 0) is 30.5 Å². The molecule has 1 aromatic carbocycles. The topological polar surface area (TPSA) is 58.8 Å². The number of nitrogens with zero attached hydrogens (tertiary/aromatic N) is 2. The minimum Gasteiger partial charge on any atom is -0.398 e. The van der Waals surface area contributed by atoms with Crippen LogP contribution >= 0.6 is 0 Å². The molecule has 1 amide bonds. The van der Waals surface area contributed by atoms with E-state index in [1.807, 2.05) is 24.0 Å². The Kier molecular flexibility index (Phi) is 4.12. The normalized spacial score (nSPS) is 20.9. The molecule has 0 spiro atoms. The third kappa shape index (κ3) is 2.89. The fraction of sp³-hybridized carbons (Fsp3) is 0.562. The Bertz CT molecular complexity index is 526. The summed E-state index contributed by atoms with van der Waals surface area (Å²) < 4.78 is 5.31. The van der Waals surface area contributed by atoms with Crippen molar-refractivity contribution in [2.45, 2.75) is 25.9 Å². The predicted octanol–water partition coefficient (Wildman–Crippen LogP) is 0.874. The maximum Gasteiger partial charge on any atom is 0.239 e. The molecule has 3 rings (SSSR count). The summed E-state index contributed by atoms with van der Waals surface area (Å²) in [5.41, 5.74) is 9.41. The average molecular weight is 289 g/mol. The molecule has 5 nitrogen and oxygen atoms in total. The largest absolute Gasteiger partial charge is 0.398 e. The van der Waals surface area contributed by atoms with E-state index < -0.39 is 0 Å². The van der Waals surface area contributed by atoms with Crippen LogP contribution in [0.4, 0.5) is 5.69 Å². The first kappa shape index (κ1) is 14.4. The third-order valence-corrected chi connectivity index (χ3v) is 4.56. The molecule has 21 heavy (non-hydrogen) atoms. The highest BCUT2D eigenvalue weighted by atomic mass is 16.5. The number of carbonyl (C=O) groups excluding carboxylic acids is 1. The van der Waals surface area contributed by atoms with E-state index in [9.17, 15) is 4.79 Å². The first-order valence-corrected chi connectivity index (χ1v) is 7.63. The number of amides is 1. The summed E-state index contributed by atoms with van der Waals surface area (Å²) in [6.45, 7) is 6.42. The second-order valence-electron chi connectivity index (χ2n) is 5.82. The first-order chi connectivity index (χ1) is 10.2. The molecule has 0 bridgehead atoms. The number of nitrogens with two attached hydrogens (primary N) is 1. The summed E-state index contributed by atoms with van der Waals surface area (Å²) >= 11 is 0. The lowest BCUT2D eigenvalue weighted by molar-refractivity contribution is -0.140. The molecule has 1 aromatic rings. The Balaban J connectivity index is 1.69. The van der Waals surface area contributed by atoms with Gasteiger partial charge in [0.25, 0.3) is 0 Å². The van der Waals surface area contributed by atoms with Crippen molar-refractivity contribution in [1.29, 1.82) is 0 Å². The summed E-state index contributed by atoms with van der Waals surface area (Å²) in [5.74, 6) is 0.214. The number of ether oxygens (including phenoxy) is 1. The standard InChI is InChI=1S/C16H23N3O2/c1-12(16(20)18-7-9-21-10-8-18)19-6-5-14-13(11-19)3-2-4-15(14)17/h2-4,12H,5-11,17H2,1H3. The van der Waals surface area contributed by atoms with E-state index in [1.165, 1.54) is 11.1 Å². The fourth-order valence-corrected chi connectivity index (χ4v) is 3.20. The number of fused-ring (bicyclic) bond motifs is 1. The van der Waals surface area contributed by atoms with Gasteiger partial charge in [0.2, 0.25) is 5.91 Å². The Hall–Kier alpha value is -1.59. The van der Waals surface area contributed by atoms with Crippen molar-refractivity contribution in [3.05, 3.63) is 29.3 Å². The first-order valence-electron chi connectivity index (χ1n) is 7.63. The smallest absolute Gasteiger partial charge is 0.239 e. The van der Waals surface area contributed by atoms with Gasteiger partial charge in [0, 0.05) is 31.9 Å². The summed E-state index contributed by atoms with van der Waals surface area (Å²) in [6, 6.07) is 5.98. The highest BCUT2D eigenvalue weighted by Crippen LogP contribution is 2.25. The molecule has 0 saturated carbocycles. The van der Waals surface area contributed by atoms with Crippen molar-refractivity contribution in [2.24, 2.45) is 0 Å². The molecule has 1 unspecified atom stereocenters. The monoisotopic (exact) mass is 289 g/mol. The molecule has 2 aliphatic rings. The molecular formula is C16H23N3O2. The number of nitrogen functional groups attached to an aromatic ring is 1. The Morgan fingerprint density at radius 3 is 2.81 bits per heavy atom. The number of anilines is 1. The number of hydrogen-bond donors (Lipinski definition) is 1. The molecule has 1 atom stereocenters. The Labute approximate surface area is 125 Å². The Morgan fingerprint density at radius 2 is 2.05 bits per heavy atom. The lowest BCUT2D eigenvalue weighted by Crippen LogP contribution is -2.51. The van der Waals surface area contributed by atoms with Crippen LogP contribution in [-0.4, -0.2) is 54.6 Å². The minimum atomic E-state index is -0.0855. The molecule has 0 radical (unpaired) electrons. The Morgan fingerprint density at radius 1 is 1.29 bits per heavy atom. The van der Waals surface area contributed by atoms with E-state index in [4.69, 9.17) is 10.5 Å². The van der Waals surface area contributed by atoms with E-state index in [0.717, 1.165) is 25.2 Å².